The second kappa shape index (κ2) is 8.94. The largest absolute Gasteiger partial charge is 0.391 e. The van der Waals surface area contributed by atoms with Gasteiger partial charge in [0.25, 0.3) is 5.91 Å². The summed E-state index contributed by atoms with van der Waals surface area (Å²) in [7, 11) is -3.46. The molecule has 0 spiro atoms. The van der Waals surface area contributed by atoms with E-state index in [0.29, 0.717) is 12.5 Å². The maximum absolute atomic E-state index is 11.9. The molecule has 9 nitrogen and oxygen atoms in total. The number of amides is 2. The van der Waals surface area contributed by atoms with Crippen LogP contribution < -0.4 is 15.4 Å². The van der Waals surface area contributed by atoms with Crippen LogP contribution in [0.5, 0.6) is 0 Å². The molecule has 24 heavy (non-hydrogen) atoms. The molecular weight excluding hydrogens is 356 g/mol. The third-order valence-electron chi connectivity index (χ3n) is 2.64. The fourth-order valence-corrected chi connectivity index (χ4v) is 3.10. The molecule has 0 aliphatic rings. The van der Waals surface area contributed by atoms with Crippen molar-refractivity contribution in [2.75, 3.05) is 24.1 Å². The van der Waals surface area contributed by atoms with E-state index in [1.54, 1.807) is 0 Å². The lowest BCUT2D eigenvalue weighted by Crippen LogP contribution is -2.36. The topological polar surface area (TPSA) is 137 Å². The van der Waals surface area contributed by atoms with Crippen molar-refractivity contribution < 1.29 is 23.1 Å². The first-order chi connectivity index (χ1) is 11.1. The van der Waals surface area contributed by atoms with E-state index in [9.17, 15) is 23.1 Å². The fourth-order valence-electron chi connectivity index (χ4n) is 1.56. The van der Waals surface area contributed by atoms with Crippen LogP contribution in [0.4, 0.5) is 5.13 Å². The molecule has 0 radical (unpaired) electrons. The van der Waals surface area contributed by atoms with E-state index in [1.165, 1.54) is 5.38 Å². The predicted molar refractivity (Wildman–Crippen MR) is 91.4 cm³/mol. The Morgan fingerprint density at radius 2 is 1.96 bits per heavy atom. The van der Waals surface area contributed by atoms with Gasteiger partial charge in [-0.25, -0.2) is 13.4 Å². The second-order valence-corrected chi connectivity index (χ2v) is 8.28. The summed E-state index contributed by atoms with van der Waals surface area (Å²) in [6.07, 6.45) is -0.159. The van der Waals surface area contributed by atoms with Gasteiger partial charge in [-0.05, 0) is 5.92 Å². The highest BCUT2D eigenvalue weighted by Crippen LogP contribution is 2.16. The van der Waals surface area contributed by atoms with Crippen molar-refractivity contribution >= 4 is 38.3 Å². The van der Waals surface area contributed by atoms with Crippen LogP contribution in [-0.2, 0) is 14.8 Å². The quantitative estimate of drug-likeness (QED) is 0.468. The van der Waals surface area contributed by atoms with Crippen molar-refractivity contribution in [1.82, 2.24) is 15.6 Å². The van der Waals surface area contributed by atoms with Gasteiger partial charge in [0.1, 0.15) is 5.69 Å². The monoisotopic (exact) mass is 378 g/mol. The average Bonchev–Trinajstić information content (AvgIpc) is 2.88. The van der Waals surface area contributed by atoms with Gasteiger partial charge in [0.05, 0.1) is 18.8 Å². The van der Waals surface area contributed by atoms with Crippen molar-refractivity contribution in [3.05, 3.63) is 11.1 Å². The fraction of sp³-hybridized carbons (Fsp3) is 0.615. The van der Waals surface area contributed by atoms with Crippen LogP contribution in [0.3, 0.4) is 0 Å². The maximum Gasteiger partial charge on any atom is 0.270 e. The van der Waals surface area contributed by atoms with E-state index < -0.39 is 22.0 Å². The smallest absolute Gasteiger partial charge is 0.270 e. The van der Waals surface area contributed by atoms with Crippen molar-refractivity contribution in [3.8, 4) is 0 Å². The Bertz CT molecular complexity index is 672. The Balaban J connectivity index is 2.41. The second-order valence-electron chi connectivity index (χ2n) is 5.68. The third-order valence-corrected chi connectivity index (χ3v) is 4.09. The lowest BCUT2D eigenvalue weighted by molar-refractivity contribution is -0.123. The molecule has 1 aromatic heterocycles. The number of aliphatic hydroxyl groups is 1. The van der Waals surface area contributed by atoms with E-state index in [1.807, 2.05) is 13.8 Å². The summed E-state index contributed by atoms with van der Waals surface area (Å²) in [5.41, 5.74) is 0.0302. The first-order valence-corrected chi connectivity index (χ1v) is 10.00. The highest BCUT2D eigenvalue weighted by molar-refractivity contribution is 7.92. The number of carbonyl (C=O) groups is 2. The van der Waals surface area contributed by atoms with Crippen LogP contribution in [-0.4, -0.2) is 55.8 Å². The molecule has 0 saturated heterocycles. The standard InChI is InChI=1S/C13H22N4O5S2/c1-8(2)5-14-11(19)4-9(18)6-15-12(20)10-7-23-13(16-10)17-24(3,21)22/h7-9,18H,4-6H2,1-3H3,(H,14,19)(H,15,20)(H,16,17). The molecule has 0 aliphatic heterocycles. The van der Waals surface area contributed by atoms with E-state index in [4.69, 9.17) is 0 Å². The lowest BCUT2D eigenvalue weighted by Gasteiger charge is -2.12. The Kier molecular flexibility index (Phi) is 7.58. The summed E-state index contributed by atoms with van der Waals surface area (Å²) in [6.45, 7) is 4.32. The molecular formula is C13H22N4O5S2. The molecule has 2 amide bonds. The van der Waals surface area contributed by atoms with Crippen molar-refractivity contribution in [2.24, 2.45) is 5.92 Å². The Morgan fingerprint density at radius 3 is 2.54 bits per heavy atom. The van der Waals surface area contributed by atoms with Crippen molar-refractivity contribution in [3.63, 3.8) is 0 Å². The molecule has 0 aliphatic carbocycles. The molecule has 1 atom stereocenters. The number of anilines is 1. The lowest BCUT2D eigenvalue weighted by atomic mass is 10.2. The van der Waals surface area contributed by atoms with E-state index in [0.717, 1.165) is 17.6 Å². The zero-order valence-corrected chi connectivity index (χ0v) is 15.3. The number of rotatable bonds is 9. The summed E-state index contributed by atoms with van der Waals surface area (Å²) in [6, 6.07) is 0. The van der Waals surface area contributed by atoms with Crippen LogP contribution in [0.15, 0.2) is 5.38 Å². The molecule has 0 fully saturated rings. The first-order valence-electron chi connectivity index (χ1n) is 7.23. The number of aliphatic hydroxyl groups excluding tert-OH is 1. The number of thiazole rings is 1. The maximum atomic E-state index is 11.9. The van der Waals surface area contributed by atoms with Gasteiger partial charge in [0.15, 0.2) is 5.13 Å². The van der Waals surface area contributed by atoms with Gasteiger partial charge >= 0.3 is 0 Å². The third kappa shape index (κ3) is 8.22. The SMILES string of the molecule is CC(C)CNC(=O)CC(O)CNC(=O)c1csc(NS(C)(=O)=O)n1. The molecule has 0 aromatic carbocycles. The molecule has 1 rings (SSSR count). The van der Waals surface area contributed by atoms with Crippen molar-refractivity contribution in [2.45, 2.75) is 26.4 Å². The normalized spacial score (nSPS) is 12.7. The zero-order valence-electron chi connectivity index (χ0n) is 13.7. The molecule has 1 unspecified atom stereocenters. The molecule has 0 bridgehead atoms. The summed E-state index contributed by atoms with van der Waals surface area (Å²) in [5.74, 6) is -0.543. The van der Waals surface area contributed by atoms with Gasteiger partial charge in [0.2, 0.25) is 15.9 Å². The number of hydrogen-bond donors (Lipinski definition) is 4. The summed E-state index contributed by atoms with van der Waals surface area (Å²) < 4.78 is 24.3. The molecule has 136 valence electrons. The zero-order chi connectivity index (χ0) is 18.3. The predicted octanol–water partition coefficient (Wildman–Crippen LogP) is -0.232. The minimum atomic E-state index is -3.46. The van der Waals surface area contributed by atoms with Gasteiger partial charge in [-0.3, -0.25) is 14.3 Å². The van der Waals surface area contributed by atoms with Crippen LogP contribution in [0.25, 0.3) is 0 Å². The number of hydrogen-bond acceptors (Lipinski definition) is 7. The van der Waals surface area contributed by atoms with Crippen LogP contribution >= 0.6 is 11.3 Å². The molecule has 4 N–H and O–H groups in total. The molecule has 11 heteroatoms. The van der Waals surface area contributed by atoms with Gasteiger partial charge in [-0.1, -0.05) is 13.8 Å². The Morgan fingerprint density at radius 1 is 1.29 bits per heavy atom. The highest BCUT2D eigenvalue weighted by atomic mass is 32.2. The van der Waals surface area contributed by atoms with Gasteiger partial charge in [-0.2, -0.15) is 0 Å². The Hall–Kier alpha value is -1.72. The van der Waals surface area contributed by atoms with Crippen LogP contribution in [0, 0.1) is 5.92 Å². The van der Waals surface area contributed by atoms with E-state index in [2.05, 4.69) is 20.3 Å². The number of nitrogens with zero attached hydrogens (tertiary/aromatic N) is 1. The first kappa shape index (κ1) is 20.3. The van der Waals surface area contributed by atoms with E-state index >= 15 is 0 Å². The van der Waals surface area contributed by atoms with Gasteiger partial charge in [-0.15, -0.1) is 11.3 Å². The van der Waals surface area contributed by atoms with Crippen molar-refractivity contribution in [1.29, 1.82) is 0 Å². The molecule has 1 heterocycles. The minimum Gasteiger partial charge on any atom is -0.391 e. The van der Waals surface area contributed by atoms with Crippen LogP contribution in [0.1, 0.15) is 30.8 Å². The average molecular weight is 378 g/mol. The van der Waals surface area contributed by atoms with E-state index in [-0.39, 0.29) is 29.7 Å². The number of nitrogens with one attached hydrogen (secondary N) is 3. The highest BCUT2D eigenvalue weighted by Gasteiger charge is 2.16. The van der Waals surface area contributed by atoms with Gasteiger partial charge in [0, 0.05) is 18.5 Å². The van der Waals surface area contributed by atoms with Crippen LogP contribution in [0.2, 0.25) is 0 Å². The molecule has 1 aromatic rings. The summed E-state index contributed by atoms with van der Waals surface area (Å²) >= 11 is 0.970. The summed E-state index contributed by atoms with van der Waals surface area (Å²) in [5, 5.41) is 16.3. The minimum absolute atomic E-state index is 0.0302. The summed E-state index contributed by atoms with van der Waals surface area (Å²) in [4.78, 5) is 27.3. The Labute approximate surface area is 144 Å². The number of sulfonamides is 1. The number of aromatic nitrogens is 1. The van der Waals surface area contributed by atoms with Gasteiger partial charge < -0.3 is 15.7 Å². The number of carbonyl (C=O) groups excluding carboxylic acids is 2. The molecule has 0 saturated carbocycles.